The lowest BCUT2D eigenvalue weighted by Gasteiger charge is -2.27. The smallest absolute Gasteiger partial charge is 0.338 e. The van der Waals surface area contributed by atoms with E-state index >= 15 is 0 Å². The highest BCUT2D eigenvalue weighted by Gasteiger charge is 2.32. The molecule has 1 aromatic carbocycles. The summed E-state index contributed by atoms with van der Waals surface area (Å²) in [6.45, 7) is 2.48. The lowest BCUT2D eigenvalue weighted by molar-refractivity contribution is -0.137. The van der Waals surface area contributed by atoms with Gasteiger partial charge in [-0.05, 0) is 18.2 Å². The monoisotopic (exact) mass is 468 g/mol. The zero-order valence-corrected chi connectivity index (χ0v) is 17.9. The number of rotatable bonds is 3. The van der Waals surface area contributed by atoms with Gasteiger partial charge in [0.15, 0.2) is 0 Å². The van der Waals surface area contributed by atoms with Gasteiger partial charge in [0, 0.05) is 49.5 Å². The van der Waals surface area contributed by atoms with Crippen LogP contribution in [0.4, 0.5) is 13.2 Å². The number of alkyl halides is 3. The van der Waals surface area contributed by atoms with Crippen LogP contribution in [0.2, 0.25) is 10.0 Å². The molecule has 4 rings (SSSR count). The second-order valence-corrected chi connectivity index (χ2v) is 8.13. The predicted molar refractivity (Wildman–Crippen MR) is 111 cm³/mol. The highest BCUT2D eigenvalue weighted by atomic mass is 35.5. The largest absolute Gasteiger partial charge is 0.416 e. The van der Waals surface area contributed by atoms with Crippen molar-refractivity contribution < 1.29 is 18.0 Å². The number of hydrogen-bond acceptors (Lipinski definition) is 3. The maximum atomic E-state index is 13.2. The molecule has 0 unspecified atom stereocenters. The van der Waals surface area contributed by atoms with E-state index in [0.717, 1.165) is 23.4 Å². The predicted octanol–water partition coefficient (Wildman–Crippen LogP) is 5.22. The Bertz CT molecular complexity index is 1160. The summed E-state index contributed by atoms with van der Waals surface area (Å²) in [5, 5.41) is 5.39. The Kier molecular flexibility index (Phi) is 5.70. The Labute approximate surface area is 186 Å². The van der Waals surface area contributed by atoms with E-state index < -0.39 is 11.7 Å². The Morgan fingerprint density at radius 3 is 2.68 bits per heavy atom. The standard InChI is InChI=1S/C21H17Cl2F3N4O/c1-12(31)29-6-5-19-16(10-29)20(13-3-2-4-14(7-13)21(24,25)26)28-30(19)11-18-17(23)8-15(22)9-27-18/h2-4,7-9H,5-6,10-11H2,1H3. The molecule has 0 bridgehead atoms. The quantitative estimate of drug-likeness (QED) is 0.529. The van der Waals surface area contributed by atoms with Crippen molar-refractivity contribution in [3.63, 3.8) is 0 Å². The zero-order chi connectivity index (χ0) is 22.3. The topological polar surface area (TPSA) is 51.0 Å². The zero-order valence-electron chi connectivity index (χ0n) is 16.4. The van der Waals surface area contributed by atoms with Gasteiger partial charge in [-0.15, -0.1) is 0 Å². The highest BCUT2D eigenvalue weighted by Crippen LogP contribution is 2.35. The van der Waals surface area contributed by atoms with Gasteiger partial charge in [0.2, 0.25) is 5.91 Å². The van der Waals surface area contributed by atoms with E-state index in [1.165, 1.54) is 19.2 Å². The minimum atomic E-state index is -4.47. The molecule has 3 aromatic rings. The Morgan fingerprint density at radius 1 is 1.23 bits per heavy atom. The second kappa shape index (κ2) is 8.16. The summed E-state index contributed by atoms with van der Waals surface area (Å²) >= 11 is 12.2. The van der Waals surface area contributed by atoms with Crippen LogP contribution < -0.4 is 0 Å². The Morgan fingerprint density at radius 2 is 2.00 bits per heavy atom. The molecular formula is C21H17Cl2F3N4O. The van der Waals surface area contributed by atoms with E-state index in [-0.39, 0.29) is 19.0 Å². The number of aromatic nitrogens is 3. The van der Waals surface area contributed by atoms with E-state index in [9.17, 15) is 18.0 Å². The number of fused-ring (bicyclic) bond motifs is 1. The summed E-state index contributed by atoms with van der Waals surface area (Å²) < 4.78 is 41.4. The van der Waals surface area contributed by atoms with Crippen LogP contribution >= 0.6 is 23.2 Å². The molecule has 0 atom stereocenters. The van der Waals surface area contributed by atoms with Crippen LogP contribution in [-0.2, 0) is 30.5 Å². The molecule has 1 aliphatic rings. The van der Waals surface area contributed by atoms with Crippen LogP contribution in [0.1, 0.15) is 29.4 Å². The van der Waals surface area contributed by atoms with Crippen LogP contribution in [0.25, 0.3) is 11.3 Å². The highest BCUT2D eigenvalue weighted by molar-refractivity contribution is 6.34. The maximum absolute atomic E-state index is 13.2. The molecule has 0 spiro atoms. The van der Waals surface area contributed by atoms with Crippen molar-refractivity contribution in [3.8, 4) is 11.3 Å². The molecular weight excluding hydrogens is 452 g/mol. The van der Waals surface area contributed by atoms with Gasteiger partial charge in [0.25, 0.3) is 0 Å². The fourth-order valence-electron chi connectivity index (χ4n) is 3.67. The summed E-state index contributed by atoms with van der Waals surface area (Å²) in [6, 6.07) is 6.61. The van der Waals surface area contributed by atoms with Crippen molar-refractivity contribution in [2.45, 2.75) is 32.6 Å². The van der Waals surface area contributed by atoms with Crippen molar-refractivity contribution in [1.29, 1.82) is 0 Å². The normalized spacial score (nSPS) is 13.9. The van der Waals surface area contributed by atoms with Crippen molar-refractivity contribution in [2.75, 3.05) is 6.54 Å². The number of benzene rings is 1. The van der Waals surface area contributed by atoms with Gasteiger partial charge in [-0.3, -0.25) is 14.5 Å². The summed E-state index contributed by atoms with van der Waals surface area (Å²) in [5.41, 5.74) is 2.11. The van der Waals surface area contributed by atoms with Gasteiger partial charge in [-0.1, -0.05) is 35.3 Å². The number of amides is 1. The fraction of sp³-hybridized carbons (Fsp3) is 0.286. The van der Waals surface area contributed by atoms with Crippen molar-refractivity contribution >= 4 is 29.1 Å². The SMILES string of the molecule is CC(=O)N1CCc2c(c(-c3cccc(C(F)(F)F)c3)nn2Cc2ncc(Cl)cc2Cl)C1. The van der Waals surface area contributed by atoms with E-state index in [2.05, 4.69) is 10.1 Å². The minimum Gasteiger partial charge on any atom is -0.338 e. The molecule has 0 N–H and O–H groups in total. The molecule has 0 aliphatic carbocycles. The molecule has 0 fully saturated rings. The number of carbonyl (C=O) groups is 1. The minimum absolute atomic E-state index is 0.101. The number of nitrogens with zero attached hydrogens (tertiary/aromatic N) is 4. The molecule has 162 valence electrons. The lowest BCUT2D eigenvalue weighted by atomic mass is 9.99. The average molecular weight is 469 g/mol. The first-order valence-corrected chi connectivity index (χ1v) is 10.2. The van der Waals surface area contributed by atoms with Crippen molar-refractivity contribution in [3.05, 3.63) is 69.1 Å². The number of halogens is 5. The summed E-state index contributed by atoms with van der Waals surface area (Å²) in [4.78, 5) is 17.8. The van der Waals surface area contributed by atoms with E-state index in [1.54, 1.807) is 21.7 Å². The van der Waals surface area contributed by atoms with E-state index in [0.29, 0.717) is 40.0 Å². The third kappa shape index (κ3) is 4.41. The average Bonchev–Trinajstić information content (AvgIpc) is 3.07. The third-order valence-electron chi connectivity index (χ3n) is 5.23. The van der Waals surface area contributed by atoms with Crippen LogP contribution in [0.5, 0.6) is 0 Å². The van der Waals surface area contributed by atoms with Crippen LogP contribution in [0, 0.1) is 0 Å². The van der Waals surface area contributed by atoms with Gasteiger partial charge in [-0.2, -0.15) is 18.3 Å². The van der Waals surface area contributed by atoms with Crippen LogP contribution in [-0.4, -0.2) is 32.1 Å². The maximum Gasteiger partial charge on any atom is 0.416 e. The second-order valence-electron chi connectivity index (χ2n) is 7.28. The van der Waals surface area contributed by atoms with Gasteiger partial charge in [-0.25, -0.2) is 0 Å². The molecule has 3 heterocycles. The molecule has 31 heavy (non-hydrogen) atoms. The van der Waals surface area contributed by atoms with Gasteiger partial charge in [0.05, 0.1) is 33.5 Å². The van der Waals surface area contributed by atoms with Gasteiger partial charge in [0.1, 0.15) is 0 Å². The summed E-state index contributed by atoms with van der Waals surface area (Å²) in [5.74, 6) is -0.101. The first-order chi connectivity index (χ1) is 14.6. The first kappa shape index (κ1) is 21.6. The molecule has 0 saturated carbocycles. The number of hydrogen-bond donors (Lipinski definition) is 0. The molecule has 0 saturated heterocycles. The molecule has 10 heteroatoms. The Hall–Kier alpha value is -2.58. The summed E-state index contributed by atoms with van der Waals surface area (Å²) in [6.07, 6.45) is -2.47. The molecule has 5 nitrogen and oxygen atoms in total. The third-order valence-corrected chi connectivity index (χ3v) is 5.76. The van der Waals surface area contributed by atoms with Crippen molar-refractivity contribution in [1.82, 2.24) is 19.7 Å². The van der Waals surface area contributed by atoms with Crippen LogP contribution in [0.3, 0.4) is 0 Å². The molecule has 2 aromatic heterocycles. The van der Waals surface area contributed by atoms with Gasteiger partial charge >= 0.3 is 6.18 Å². The molecule has 1 aliphatic heterocycles. The lowest BCUT2D eigenvalue weighted by Crippen LogP contribution is -2.34. The van der Waals surface area contributed by atoms with E-state index in [1.807, 2.05) is 0 Å². The fourth-order valence-corrected chi connectivity index (χ4v) is 4.11. The van der Waals surface area contributed by atoms with Crippen molar-refractivity contribution in [2.24, 2.45) is 0 Å². The van der Waals surface area contributed by atoms with Gasteiger partial charge < -0.3 is 4.90 Å². The molecule has 0 radical (unpaired) electrons. The summed E-state index contributed by atoms with van der Waals surface area (Å²) in [7, 11) is 0. The molecule has 1 amide bonds. The van der Waals surface area contributed by atoms with Crippen LogP contribution in [0.15, 0.2) is 36.5 Å². The Balaban J connectivity index is 1.81. The first-order valence-electron chi connectivity index (χ1n) is 9.45. The number of pyridine rings is 1. The number of carbonyl (C=O) groups excluding carboxylic acids is 1. The van der Waals surface area contributed by atoms with E-state index in [4.69, 9.17) is 23.2 Å².